The van der Waals surface area contributed by atoms with Crippen LogP contribution in [0.15, 0.2) is 12.7 Å². The Morgan fingerprint density at radius 3 is 2.39 bits per heavy atom. The van der Waals surface area contributed by atoms with Gasteiger partial charge in [0.25, 0.3) is 0 Å². The largest absolute Gasteiger partial charge is 0.483 e. The molecule has 2 saturated heterocycles. The van der Waals surface area contributed by atoms with E-state index in [2.05, 4.69) is 29.1 Å². The Bertz CT molecular complexity index is 1350. The fraction of sp³-hybridized carbons (Fsp3) is 0.667. The van der Waals surface area contributed by atoms with Crippen molar-refractivity contribution in [2.24, 2.45) is 0 Å². The molecule has 0 saturated carbocycles. The van der Waals surface area contributed by atoms with Crippen LogP contribution in [0.3, 0.4) is 0 Å². The maximum Gasteiger partial charge on any atom is 0.483 e. The topological polar surface area (TPSA) is 321 Å². The van der Waals surface area contributed by atoms with Crippen molar-refractivity contribution in [2.75, 3.05) is 18.9 Å². The average Bonchev–Trinajstić information content (AvgIpc) is 3.43. The van der Waals surface area contributed by atoms with Gasteiger partial charge in [0.1, 0.15) is 54.5 Å². The summed E-state index contributed by atoms with van der Waals surface area (Å²) < 4.78 is 50.5. The summed E-state index contributed by atoms with van der Waals surface area (Å²) in [6.45, 7) is -0.814. The van der Waals surface area contributed by atoms with Crippen molar-refractivity contribution in [3.8, 4) is 0 Å². The molecule has 23 heteroatoms. The molecule has 230 valence electrons. The fourth-order valence-corrected chi connectivity index (χ4v) is 6.35. The molecule has 2 aromatic rings. The summed E-state index contributed by atoms with van der Waals surface area (Å²) in [5.74, 6) is -0.740. The average molecular weight is 630 g/mol. The minimum atomic E-state index is -5.60. The van der Waals surface area contributed by atoms with Gasteiger partial charge in [0.2, 0.25) is 5.91 Å². The van der Waals surface area contributed by atoms with Gasteiger partial charge >= 0.3 is 15.6 Å². The first-order valence-electron chi connectivity index (χ1n) is 11.7. The van der Waals surface area contributed by atoms with Crippen molar-refractivity contribution >= 4 is 38.5 Å². The standard InChI is InChI=1S/C18H28N6O15P2/c1-6(26)23-9-13(29)11(27)7(2-25)37-18(9)38-41(33,34)39-40(31,32)35-3-8-12(28)14(30)17(36-8)24-5-22-10-15(19)20-4-21-16(10)24/h4-5,7-9,11-14,17-18,25,27-30H,2-3H2,1H3,(H,23,26)(H,31,32)(H,33,34)(H2,19,20,21)/t7-,8+,9-,11-,12+,13-,14+,17+,18+/m0/s1. The summed E-state index contributed by atoms with van der Waals surface area (Å²) in [5.41, 5.74) is 6.06. The van der Waals surface area contributed by atoms with E-state index in [4.69, 9.17) is 19.7 Å². The SMILES string of the molecule is CC(=O)N[C@@H]1[C@@H](OP(=O)(O)OP(=O)(O)OC[C@H]2O[C@@H](n3cnc4c(N)ncnc43)[C@H](O)[C@@H]2O)O[C@@H](CO)[C@H](O)[C@H]1O. The third-order valence-electron chi connectivity index (χ3n) is 6.09. The van der Waals surface area contributed by atoms with Crippen LogP contribution in [0.25, 0.3) is 11.2 Å². The summed E-state index contributed by atoms with van der Waals surface area (Å²) in [5, 5.41) is 52.6. The summed E-state index contributed by atoms with van der Waals surface area (Å²) in [6, 6.07) is -1.67. The van der Waals surface area contributed by atoms with Gasteiger partial charge < -0.3 is 55.8 Å². The first kappa shape index (κ1) is 31.7. The molecule has 0 radical (unpaired) electrons. The molecule has 4 heterocycles. The second kappa shape index (κ2) is 12.2. The lowest BCUT2D eigenvalue weighted by Crippen LogP contribution is -2.64. The van der Waals surface area contributed by atoms with Gasteiger partial charge in [0.05, 0.1) is 19.5 Å². The van der Waals surface area contributed by atoms with E-state index in [9.17, 15) is 49.2 Å². The van der Waals surface area contributed by atoms with Crippen LogP contribution >= 0.6 is 15.6 Å². The quantitative estimate of drug-likeness (QED) is 0.114. The molecular formula is C18H28N6O15P2. The van der Waals surface area contributed by atoms with Gasteiger partial charge in [-0.2, -0.15) is 4.31 Å². The number of hydrogen-bond donors (Lipinski definition) is 9. The number of phosphoric ester groups is 2. The second-order valence-electron chi connectivity index (χ2n) is 8.98. The highest BCUT2D eigenvalue weighted by Crippen LogP contribution is 2.61. The van der Waals surface area contributed by atoms with Crippen LogP contribution in [0.4, 0.5) is 5.82 Å². The van der Waals surface area contributed by atoms with Gasteiger partial charge in [0, 0.05) is 6.92 Å². The van der Waals surface area contributed by atoms with Crippen LogP contribution in [-0.4, -0.2) is 123 Å². The number of ether oxygens (including phenoxy) is 2. The van der Waals surface area contributed by atoms with Crippen molar-refractivity contribution in [3.63, 3.8) is 0 Å². The highest BCUT2D eigenvalue weighted by molar-refractivity contribution is 7.61. The van der Waals surface area contributed by atoms with Crippen LogP contribution in [0.5, 0.6) is 0 Å². The number of fused-ring (bicyclic) bond motifs is 1. The third kappa shape index (κ3) is 6.90. The summed E-state index contributed by atoms with van der Waals surface area (Å²) in [7, 11) is -11.1. The number of phosphoric acid groups is 2. The maximum absolute atomic E-state index is 12.5. The van der Waals surface area contributed by atoms with Gasteiger partial charge in [-0.25, -0.2) is 24.1 Å². The molecule has 2 aliphatic rings. The van der Waals surface area contributed by atoms with E-state index in [-0.39, 0.29) is 17.0 Å². The summed E-state index contributed by atoms with van der Waals surface area (Å²) in [4.78, 5) is 43.4. The molecule has 2 fully saturated rings. The number of nitrogens with two attached hydrogens (primary N) is 1. The molecule has 0 bridgehead atoms. The number of carbonyl (C=O) groups is 1. The molecule has 2 aliphatic heterocycles. The molecule has 11 atom stereocenters. The number of nitrogens with one attached hydrogen (secondary N) is 1. The minimum absolute atomic E-state index is 0.0373. The van der Waals surface area contributed by atoms with Crippen molar-refractivity contribution < 1.29 is 72.1 Å². The zero-order valence-corrected chi connectivity index (χ0v) is 22.7. The number of anilines is 1. The molecule has 0 spiro atoms. The van der Waals surface area contributed by atoms with Crippen LogP contribution in [0.2, 0.25) is 0 Å². The van der Waals surface area contributed by atoms with Crippen LogP contribution in [0, 0.1) is 0 Å². The van der Waals surface area contributed by atoms with Gasteiger partial charge in [0.15, 0.2) is 24.0 Å². The molecule has 10 N–H and O–H groups in total. The molecule has 0 aromatic carbocycles. The van der Waals surface area contributed by atoms with Crippen LogP contribution in [-0.2, 0) is 36.8 Å². The lowest BCUT2D eigenvalue weighted by atomic mass is 9.97. The number of aliphatic hydroxyl groups is 5. The molecule has 2 aromatic heterocycles. The Kier molecular flexibility index (Phi) is 9.43. The van der Waals surface area contributed by atoms with E-state index in [0.29, 0.717) is 0 Å². The molecule has 41 heavy (non-hydrogen) atoms. The number of carbonyl (C=O) groups excluding carboxylic acids is 1. The highest BCUT2D eigenvalue weighted by Gasteiger charge is 2.50. The number of aliphatic hydroxyl groups excluding tert-OH is 5. The number of amides is 1. The minimum Gasteiger partial charge on any atom is -0.394 e. The van der Waals surface area contributed by atoms with Gasteiger partial charge in [-0.05, 0) is 0 Å². The summed E-state index contributed by atoms with van der Waals surface area (Å²) >= 11 is 0. The van der Waals surface area contributed by atoms with Crippen molar-refractivity contribution in [1.29, 1.82) is 0 Å². The Morgan fingerprint density at radius 1 is 1.05 bits per heavy atom. The first-order valence-corrected chi connectivity index (χ1v) is 14.7. The van der Waals surface area contributed by atoms with Crippen molar-refractivity contribution in [2.45, 2.75) is 62.1 Å². The molecule has 0 aliphatic carbocycles. The zero-order valence-electron chi connectivity index (χ0n) is 20.9. The molecule has 1 amide bonds. The Labute approximate surface area is 229 Å². The smallest absolute Gasteiger partial charge is 0.394 e. The number of nitrogen functional groups attached to an aromatic ring is 1. The van der Waals surface area contributed by atoms with E-state index >= 15 is 0 Å². The maximum atomic E-state index is 12.5. The predicted octanol–water partition coefficient (Wildman–Crippen LogP) is -3.78. The van der Waals surface area contributed by atoms with E-state index in [1.807, 2.05) is 0 Å². The van der Waals surface area contributed by atoms with E-state index in [1.54, 1.807) is 0 Å². The lowest BCUT2D eigenvalue weighted by Gasteiger charge is -2.42. The molecular weight excluding hydrogens is 602 g/mol. The molecule has 21 nitrogen and oxygen atoms in total. The number of nitrogens with zero attached hydrogens (tertiary/aromatic N) is 4. The Morgan fingerprint density at radius 2 is 1.73 bits per heavy atom. The van der Waals surface area contributed by atoms with Crippen LogP contribution in [0.1, 0.15) is 13.2 Å². The molecule has 2 unspecified atom stereocenters. The fourth-order valence-electron chi connectivity index (χ4n) is 4.19. The number of imidazole rings is 1. The van der Waals surface area contributed by atoms with E-state index in [0.717, 1.165) is 13.3 Å². The normalized spacial score (nSPS) is 35.2. The van der Waals surface area contributed by atoms with Gasteiger partial charge in [-0.3, -0.25) is 18.4 Å². The Balaban J connectivity index is 1.40. The van der Waals surface area contributed by atoms with Gasteiger partial charge in [-0.15, -0.1) is 0 Å². The first-order chi connectivity index (χ1) is 19.1. The monoisotopic (exact) mass is 630 g/mol. The number of rotatable bonds is 10. The van der Waals surface area contributed by atoms with Crippen molar-refractivity contribution in [1.82, 2.24) is 24.8 Å². The lowest BCUT2D eigenvalue weighted by molar-refractivity contribution is -0.247. The zero-order chi connectivity index (χ0) is 30.3. The van der Waals surface area contributed by atoms with Crippen molar-refractivity contribution in [3.05, 3.63) is 12.7 Å². The van der Waals surface area contributed by atoms with Gasteiger partial charge in [-0.1, -0.05) is 0 Å². The van der Waals surface area contributed by atoms with E-state index in [1.165, 1.54) is 10.9 Å². The number of aromatic nitrogens is 4. The molecule has 4 rings (SSSR count). The second-order valence-corrected chi connectivity index (χ2v) is 12.0. The number of hydrogen-bond acceptors (Lipinski definition) is 17. The highest BCUT2D eigenvalue weighted by atomic mass is 31.3. The Hall–Kier alpha value is -2.20. The van der Waals surface area contributed by atoms with E-state index < -0.39 is 89.9 Å². The third-order valence-corrected chi connectivity index (χ3v) is 8.70. The van der Waals surface area contributed by atoms with Crippen LogP contribution < -0.4 is 11.1 Å². The predicted molar refractivity (Wildman–Crippen MR) is 129 cm³/mol. The summed E-state index contributed by atoms with van der Waals surface area (Å²) in [6.07, 6.45) is -10.9.